The average molecular weight is 467 g/mol. The number of nitrogens with zero attached hydrogens (tertiary/aromatic N) is 1. The van der Waals surface area contributed by atoms with Crippen molar-refractivity contribution in [2.24, 2.45) is 0 Å². The van der Waals surface area contributed by atoms with Crippen LogP contribution in [0.5, 0.6) is 5.75 Å². The number of benzene rings is 2. The van der Waals surface area contributed by atoms with Crippen LogP contribution in [0.15, 0.2) is 42.5 Å². The molecule has 0 spiro atoms. The molecule has 0 atom stereocenters. The first-order valence-electron chi connectivity index (χ1n) is 10.4. The molecule has 0 aromatic heterocycles. The van der Waals surface area contributed by atoms with Gasteiger partial charge in [0.25, 0.3) is 5.91 Å². The summed E-state index contributed by atoms with van der Waals surface area (Å²) in [7, 11) is 0. The van der Waals surface area contributed by atoms with Gasteiger partial charge in [0.2, 0.25) is 0 Å². The lowest BCUT2D eigenvalue weighted by molar-refractivity contribution is -0.139. The molecule has 10 nitrogen and oxygen atoms in total. The lowest BCUT2D eigenvalue weighted by atomic mass is 10.1. The van der Waals surface area contributed by atoms with Crippen molar-refractivity contribution in [2.75, 3.05) is 13.2 Å². The zero-order chi connectivity index (χ0) is 25.0. The average Bonchev–Trinajstić information content (AvgIpc) is 3.05. The number of ether oxygens (including phenoxy) is 2. The van der Waals surface area contributed by atoms with E-state index in [0.717, 1.165) is 0 Å². The van der Waals surface area contributed by atoms with Crippen molar-refractivity contribution in [2.45, 2.75) is 32.9 Å². The third-order valence-electron chi connectivity index (χ3n) is 4.77. The molecule has 3 rings (SSSR count). The quantitative estimate of drug-likeness (QED) is 0.322. The van der Waals surface area contributed by atoms with Crippen LogP contribution in [0.3, 0.4) is 0 Å². The highest BCUT2D eigenvalue weighted by Gasteiger charge is 2.29. The largest absolute Gasteiger partial charge is 0.482 e. The van der Waals surface area contributed by atoms with Gasteiger partial charge in [-0.2, -0.15) is 0 Å². The Balaban J connectivity index is 1.63. The van der Waals surface area contributed by atoms with E-state index in [1.807, 2.05) is 0 Å². The van der Waals surface area contributed by atoms with Gasteiger partial charge in [-0.25, -0.2) is 9.59 Å². The van der Waals surface area contributed by atoms with E-state index in [2.05, 4.69) is 5.32 Å². The highest BCUT2D eigenvalue weighted by Crippen LogP contribution is 2.24. The number of rotatable bonds is 7. The molecular weight excluding hydrogens is 442 g/mol. The van der Waals surface area contributed by atoms with Gasteiger partial charge in [-0.15, -0.1) is 0 Å². The van der Waals surface area contributed by atoms with Crippen LogP contribution in [0.1, 0.15) is 52.6 Å². The first-order chi connectivity index (χ1) is 15.9. The number of nitrogens with one attached hydrogen (secondary N) is 2. The molecule has 10 heteroatoms. The third kappa shape index (κ3) is 6.18. The van der Waals surface area contributed by atoms with Crippen molar-refractivity contribution in [3.05, 3.63) is 64.7 Å². The predicted octanol–water partition coefficient (Wildman–Crippen LogP) is 2.84. The van der Waals surface area contributed by atoms with Crippen LogP contribution >= 0.6 is 0 Å². The minimum Gasteiger partial charge on any atom is -0.482 e. The molecule has 3 N–H and O–H groups in total. The van der Waals surface area contributed by atoms with Gasteiger partial charge in [-0.1, -0.05) is 6.07 Å². The molecule has 0 unspecified atom stereocenters. The van der Waals surface area contributed by atoms with E-state index in [0.29, 0.717) is 28.0 Å². The maximum Gasteiger partial charge on any atom is 0.413 e. The number of hydrogen-bond acceptors (Lipinski definition) is 7. The summed E-state index contributed by atoms with van der Waals surface area (Å²) in [5.74, 6) is -1.54. The van der Waals surface area contributed by atoms with E-state index >= 15 is 0 Å². The highest BCUT2D eigenvalue weighted by molar-refractivity contribution is 6.07. The molecule has 1 heterocycles. The Morgan fingerprint density at radius 2 is 1.74 bits per heavy atom. The van der Waals surface area contributed by atoms with Crippen LogP contribution < -0.4 is 10.1 Å². The topological polar surface area (TPSA) is 146 Å². The Morgan fingerprint density at radius 1 is 1.09 bits per heavy atom. The van der Waals surface area contributed by atoms with Gasteiger partial charge in [0.05, 0.1) is 6.54 Å². The summed E-state index contributed by atoms with van der Waals surface area (Å²) >= 11 is 0. The molecule has 178 valence electrons. The number of hydrogen-bond donors (Lipinski definition) is 3. The normalized spacial score (nSPS) is 12.7. The van der Waals surface area contributed by atoms with Gasteiger partial charge >= 0.3 is 12.1 Å². The number of carboxylic acids is 1. The van der Waals surface area contributed by atoms with E-state index in [9.17, 15) is 19.2 Å². The summed E-state index contributed by atoms with van der Waals surface area (Å²) in [5, 5.41) is 19.1. The minimum absolute atomic E-state index is 0.147. The standard InChI is InChI=1S/C24H25N3O7/c1-24(2,3)34-23(32)26-21(25)15-6-9-18-16(10-15)11-27(22(18)31)12-19(28)14-4-7-17(8-5-14)33-13-20(29)30/h4-10H,11-13H2,1-3H3,(H,29,30)(H2,25,26,32). The number of alkyl carbamates (subject to hydrolysis) is 1. The van der Waals surface area contributed by atoms with Crippen LogP contribution in [0.2, 0.25) is 0 Å². The maximum atomic E-state index is 12.7. The summed E-state index contributed by atoms with van der Waals surface area (Å²) < 4.78 is 10.2. The Bertz CT molecular complexity index is 1150. The monoisotopic (exact) mass is 467 g/mol. The summed E-state index contributed by atoms with van der Waals surface area (Å²) in [6.45, 7) is 4.71. The molecule has 0 fully saturated rings. The molecule has 1 aliphatic rings. The first kappa shape index (κ1) is 24.4. The van der Waals surface area contributed by atoms with E-state index in [-0.39, 0.29) is 30.6 Å². The maximum absolute atomic E-state index is 12.7. The molecule has 34 heavy (non-hydrogen) atoms. The van der Waals surface area contributed by atoms with Crippen LogP contribution in [0, 0.1) is 5.41 Å². The Labute approximate surface area is 196 Å². The van der Waals surface area contributed by atoms with Crippen molar-refractivity contribution in [1.82, 2.24) is 10.2 Å². The highest BCUT2D eigenvalue weighted by atomic mass is 16.6. The Hall–Kier alpha value is -4.21. The van der Waals surface area contributed by atoms with Crippen molar-refractivity contribution < 1.29 is 33.8 Å². The number of aliphatic carboxylic acids is 1. The van der Waals surface area contributed by atoms with Gasteiger partial charge < -0.3 is 19.5 Å². The zero-order valence-electron chi connectivity index (χ0n) is 19.0. The van der Waals surface area contributed by atoms with Crippen LogP contribution in [-0.2, 0) is 16.1 Å². The van der Waals surface area contributed by atoms with Crippen molar-refractivity contribution in [3.8, 4) is 5.75 Å². The number of carbonyl (C=O) groups excluding carboxylic acids is 3. The number of ketones is 1. The predicted molar refractivity (Wildman–Crippen MR) is 121 cm³/mol. The molecule has 0 radical (unpaired) electrons. The number of carbonyl (C=O) groups is 4. The third-order valence-corrected chi connectivity index (χ3v) is 4.77. The number of Topliss-reactive ketones (excluding diaryl/α,β-unsaturated/α-hetero) is 1. The van der Waals surface area contributed by atoms with Gasteiger partial charge in [-0.3, -0.25) is 20.3 Å². The molecule has 0 saturated heterocycles. The van der Waals surface area contributed by atoms with Gasteiger partial charge in [0.15, 0.2) is 12.4 Å². The molecule has 0 bridgehead atoms. The van der Waals surface area contributed by atoms with Crippen molar-refractivity contribution in [3.63, 3.8) is 0 Å². The van der Waals surface area contributed by atoms with Crippen molar-refractivity contribution >= 4 is 29.6 Å². The van der Waals surface area contributed by atoms with E-state index in [1.54, 1.807) is 39.0 Å². The smallest absolute Gasteiger partial charge is 0.413 e. The van der Waals surface area contributed by atoms with E-state index < -0.39 is 24.3 Å². The fourth-order valence-electron chi connectivity index (χ4n) is 3.29. The second-order valence-electron chi connectivity index (χ2n) is 8.67. The molecule has 1 aliphatic heterocycles. The molecule has 2 aromatic carbocycles. The second kappa shape index (κ2) is 9.74. The number of fused-ring (bicyclic) bond motifs is 1. The fourth-order valence-corrected chi connectivity index (χ4v) is 3.29. The lowest BCUT2D eigenvalue weighted by Gasteiger charge is -2.19. The first-order valence-corrected chi connectivity index (χ1v) is 10.4. The lowest BCUT2D eigenvalue weighted by Crippen LogP contribution is -2.36. The van der Waals surface area contributed by atoms with Crippen molar-refractivity contribution in [1.29, 1.82) is 5.41 Å². The number of amides is 2. The van der Waals surface area contributed by atoms with Gasteiger partial charge in [-0.05, 0) is 62.7 Å². The summed E-state index contributed by atoms with van der Waals surface area (Å²) in [4.78, 5) is 49.3. The van der Waals surface area contributed by atoms with Crippen LogP contribution in [0.25, 0.3) is 0 Å². The zero-order valence-corrected chi connectivity index (χ0v) is 19.0. The summed E-state index contributed by atoms with van der Waals surface area (Å²) in [6.07, 6.45) is -0.749. The number of amidine groups is 1. The second-order valence-corrected chi connectivity index (χ2v) is 8.67. The summed E-state index contributed by atoms with van der Waals surface area (Å²) in [6, 6.07) is 10.8. The molecule has 2 aromatic rings. The van der Waals surface area contributed by atoms with E-state index in [4.69, 9.17) is 20.0 Å². The van der Waals surface area contributed by atoms with E-state index in [1.165, 1.54) is 29.2 Å². The van der Waals surface area contributed by atoms with Gasteiger partial charge in [0, 0.05) is 23.2 Å². The van der Waals surface area contributed by atoms with Gasteiger partial charge in [0.1, 0.15) is 17.2 Å². The Morgan fingerprint density at radius 3 is 2.35 bits per heavy atom. The SMILES string of the molecule is CC(C)(C)OC(=O)NC(=N)c1ccc2c(c1)CN(CC(=O)c1ccc(OCC(=O)O)cc1)C2=O. The Kier molecular flexibility index (Phi) is 7.00. The molecule has 0 saturated carbocycles. The summed E-state index contributed by atoms with van der Waals surface area (Å²) in [5.41, 5.74) is 1.13. The minimum atomic E-state index is -1.11. The van der Waals surface area contributed by atoms with Crippen LogP contribution in [-0.4, -0.2) is 58.3 Å². The number of carboxylic acid groups (broad SMARTS) is 1. The molecular formula is C24H25N3O7. The van der Waals surface area contributed by atoms with Crippen LogP contribution in [0.4, 0.5) is 4.79 Å². The fraction of sp³-hybridized carbons (Fsp3) is 0.292. The molecule has 2 amide bonds. The molecule has 0 aliphatic carbocycles.